The summed E-state index contributed by atoms with van der Waals surface area (Å²) >= 11 is 0. The van der Waals surface area contributed by atoms with Crippen molar-refractivity contribution in [3.63, 3.8) is 0 Å². The minimum absolute atomic E-state index is 0.746. The second-order valence-electron chi connectivity index (χ2n) is 4.47. The number of aryl methyl sites for hydroxylation is 2. The molecule has 0 aliphatic heterocycles. The molecule has 0 amide bonds. The molecule has 0 aliphatic carbocycles. The maximum atomic E-state index is 5.36. The van der Waals surface area contributed by atoms with Gasteiger partial charge in [0.25, 0.3) is 0 Å². The van der Waals surface area contributed by atoms with Crippen LogP contribution in [0.1, 0.15) is 37.0 Å². The molecule has 1 rings (SSSR count). The summed E-state index contributed by atoms with van der Waals surface area (Å²) in [6, 6.07) is 4.41. The molecule has 1 atom stereocenters. The molecule has 0 N–H and O–H groups in total. The number of methoxy groups -OCH3 is 1. The van der Waals surface area contributed by atoms with Gasteiger partial charge < -0.3 is 4.74 Å². The van der Waals surface area contributed by atoms with Gasteiger partial charge in [-0.1, -0.05) is 26.3 Å². The molecule has 1 aromatic carbocycles. The van der Waals surface area contributed by atoms with Gasteiger partial charge in [-0.05, 0) is 48.9 Å². The van der Waals surface area contributed by atoms with Crippen molar-refractivity contribution in [2.75, 3.05) is 7.11 Å². The molecule has 0 fully saturated rings. The first-order valence-corrected chi connectivity index (χ1v) is 5.72. The number of rotatable bonds is 4. The van der Waals surface area contributed by atoms with Crippen molar-refractivity contribution in [3.8, 4) is 5.75 Å². The third kappa shape index (κ3) is 2.98. The lowest BCUT2D eigenvalue weighted by Crippen LogP contribution is -2.01. The van der Waals surface area contributed by atoms with Crippen molar-refractivity contribution < 1.29 is 4.74 Å². The molecule has 1 aromatic rings. The van der Waals surface area contributed by atoms with Crippen LogP contribution in [-0.4, -0.2) is 7.11 Å². The monoisotopic (exact) mass is 206 g/mol. The maximum absolute atomic E-state index is 5.36. The Balaban J connectivity index is 2.97. The van der Waals surface area contributed by atoms with E-state index in [1.165, 1.54) is 23.1 Å². The Morgan fingerprint density at radius 3 is 2.40 bits per heavy atom. The predicted molar refractivity (Wildman–Crippen MR) is 65.6 cm³/mol. The van der Waals surface area contributed by atoms with E-state index in [1.54, 1.807) is 7.11 Å². The van der Waals surface area contributed by atoms with E-state index in [2.05, 4.69) is 39.8 Å². The smallest absolute Gasteiger partial charge is 0.122 e. The molecule has 1 nitrogen and oxygen atoms in total. The summed E-state index contributed by atoms with van der Waals surface area (Å²) in [4.78, 5) is 0. The molecular formula is C14H22O. The van der Waals surface area contributed by atoms with Gasteiger partial charge in [-0.2, -0.15) is 0 Å². The molecule has 1 heteroatoms. The highest BCUT2D eigenvalue weighted by molar-refractivity contribution is 5.41. The second kappa shape index (κ2) is 5.20. The van der Waals surface area contributed by atoms with Crippen LogP contribution in [0.15, 0.2) is 12.1 Å². The molecule has 0 bridgehead atoms. The summed E-state index contributed by atoms with van der Waals surface area (Å²) in [5, 5.41) is 0. The van der Waals surface area contributed by atoms with E-state index in [0.29, 0.717) is 0 Å². The van der Waals surface area contributed by atoms with Crippen LogP contribution >= 0.6 is 0 Å². The molecule has 84 valence electrons. The lowest BCUT2D eigenvalue weighted by atomic mass is 9.94. The molecular weight excluding hydrogens is 184 g/mol. The highest BCUT2D eigenvalue weighted by atomic mass is 16.5. The molecule has 0 heterocycles. The van der Waals surface area contributed by atoms with Gasteiger partial charge in [0.1, 0.15) is 5.75 Å². The first-order chi connectivity index (χ1) is 7.08. The average molecular weight is 206 g/mol. The zero-order chi connectivity index (χ0) is 11.4. The normalized spacial score (nSPS) is 12.6. The van der Waals surface area contributed by atoms with Gasteiger partial charge in [0.15, 0.2) is 0 Å². The van der Waals surface area contributed by atoms with Gasteiger partial charge in [0.2, 0.25) is 0 Å². The van der Waals surface area contributed by atoms with Gasteiger partial charge >= 0.3 is 0 Å². The first kappa shape index (κ1) is 12.1. The second-order valence-corrected chi connectivity index (χ2v) is 4.47. The van der Waals surface area contributed by atoms with Crippen molar-refractivity contribution in [3.05, 3.63) is 28.8 Å². The molecule has 0 saturated heterocycles. The van der Waals surface area contributed by atoms with Crippen LogP contribution in [0.4, 0.5) is 0 Å². The van der Waals surface area contributed by atoms with Gasteiger partial charge in [0, 0.05) is 0 Å². The van der Waals surface area contributed by atoms with Crippen molar-refractivity contribution in [1.82, 2.24) is 0 Å². The van der Waals surface area contributed by atoms with Crippen LogP contribution in [0, 0.1) is 19.8 Å². The standard InChI is InChI=1S/C14H22O/c1-6-10(2)7-13-9-14(15-5)12(4)8-11(13)3/h8-10H,6-7H2,1-5H3. The van der Waals surface area contributed by atoms with E-state index >= 15 is 0 Å². The fourth-order valence-electron chi connectivity index (χ4n) is 1.83. The van der Waals surface area contributed by atoms with Gasteiger partial charge in [-0.15, -0.1) is 0 Å². The van der Waals surface area contributed by atoms with E-state index in [4.69, 9.17) is 4.74 Å². The highest BCUT2D eigenvalue weighted by Crippen LogP contribution is 2.24. The van der Waals surface area contributed by atoms with Crippen molar-refractivity contribution >= 4 is 0 Å². The van der Waals surface area contributed by atoms with Gasteiger partial charge in [-0.3, -0.25) is 0 Å². The van der Waals surface area contributed by atoms with E-state index in [-0.39, 0.29) is 0 Å². The van der Waals surface area contributed by atoms with Gasteiger partial charge in [-0.25, -0.2) is 0 Å². The zero-order valence-corrected chi connectivity index (χ0v) is 10.6. The van der Waals surface area contributed by atoms with E-state index in [1.807, 2.05) is 0 Å². The number of hydrogen-bond acceptors (Lipinski definition) is 1. The topological polar surface area (TPSA) is 9.23 Å². The summed E-state index contributed by atoms with van der Waals surface area (Å²) < 4.78 is 5.36. The first-order valence-electron chi connectivity index (χ1n) is 5.72. The Morgan fingerprint density at radius 1 is 1.20 bits per heavy atom. The fraction of sp³-hybridized carbons (Fsp3) is 0.571. The summed E-state index contributed by atoms with van der Waals surface area (Å²) in [5.41, 5.74) is 4.03. The molecule has 0 radical (unpaired) electrons. The van der Waals surface area contributed by atoms with Crippen LogP contribution in [0.5, 0.6) is 5.75 Å². The minimum atomic E-state index is 0.746. The minimum Gasteiger partial charge on any atom is -0.496 e. The fourth-order valence-corrected chi connectivity index (χ4v) is 1.83. The third-order valence-corrected chi connectivity index (χ3v) is 3.12. The maximum Gasteiger partial charge on any atom is 0.122 e. The Hall–Kier alpha value is -0.980. The molecule has 0 spiro atoms. The highest BCUT2D eigenvalue weighted by Gasteiger charge is 2.07. The summed E-state index contributed by atoms with van der Waals surface area (Å²) in [6.45, 7) is 8.82. The van der Waals surface area contributed by atoms with Gasteiger partial charge in [0.05, 0.1) is 7.11 Å². The summed E-state index contributed by atoms with van der Waals surface area (Å²) in [7, 11) is 1.74. The Bertz CT molecular complexity index is 328. The van der Waals surface area contributed by atoms with Crippen LogP contribution in [0.2, 0.25) is 0 Å². The van der Waals surface area contributed by atoms with Crippen LogP contribution in [-0.2, 0) is 6.42 Å². The molecule has 0 aromatic heterocycles. The third-order valence-electron chi connectivity index (χ3n) is 3.12. The van der Waals surface area contributed by atoms with Crippen LogP contribution in [0.25, 0.3) is 0 Å². The van der Waals surface area contributed by atoms with Crippen LogP contribution in [0.3, 0.4) is 0 Å². The lowest BCUT2D eigenvalue weighted by molar-refractivity contribution is 0.410. The zero-order valence-electron chi connectivity index (χ0n) is 10.6. The van der Waals surface area contributed by atoms with Crippen LogP contribution < -0.4 is 4.74 Å². The van der Waals surface area contributed by atoms with E-state index in [0.717, 1.165) is 18.1 Å². The number of benzene rings is 1. The van der Waals surface area contributed by atoms with Crippen molar-refractivity contribution in [2.24, 2.45) is 5.92 Å². The van der Waals surface area contributed by atoms with Crippen molar-refractivity contribution in [1.29, 1.82) is 0 Å². The lowest BCUT2D eigenvalue weighted by Gasteiger charge is -2.14. The quantitative estimate of drug-likeness (QED) is 0.726. The molecule has 15 heavy (non-hydrogen) atoms. The summed E-state index contributed by atoms with van der Waals surface area (Å²) in [6.07, 6.45) is 2.38. The SMILES string of the molecule is CCC(C)Cc1cc(OC)c(C)cc1C. The molecule has 1 unspecified atom stereocenters. The Morgan fingerprint density at radius 2 is 1.87 bits per heavy atom. The summed E-state index contributed by atoms with van der Waals surface area (Å²) in [5.74, 6) is 1.76. The average Bonchev–Trinajstić information content (AvgIpc) is 2.21. The van der Waals surface area contributed by atoms with E-state index in [9.17, 15) is 0 Å². The van der Waals surface area contributed by atoms with Crippen molar-refractivity contribution in [2.45, 2.75) is 40.5 Å². The number of ether oxygens (including phenoxy) is 1. The predicted octanol–water partition coefficient (Wildman–Crippen LogP) is 3.90. The van der Waals surface area contributed by atoms with E-state index < -0.39 is 0 Å². The Kier molecular flexibility index (Phi) is 4.19. The number of hydrogen-bond donors (Lipinski definition) is 0. The largest absolute Gasteiger partial charge is 0.496 e. The molecule has 0 aliphatic rings. The molecule has 0 saturated carbocycles. The Labute approximate surface area is 93.5 Å².